The van der Waals surface area contributed by atoms with Crippen LogP contribution in [0.3, 0.4) is 0 Å². The van der Waals surface area contributed by atoms with E-state index in [0.717, 1.165) is 73.4 Å². The number of hydrogen-bond acceptors (Lipinski definition) is 6. The molecule has 186 valence electrons. The summed E-state index contributed by atoms with van der Waals surface area (Å²) in [4.78, 5) is 25.1. The minimum atomic E-state index is 0.141. The van der Waals surface area contributed by atoms with E-state index in [9.17, 15) is 4.79 Å². The van der Waals surface area contributed by atoms with Crippen LogP contribution in [0.25, 0.3) is 0 Å². The number of nitrogens with one attached hydrogen (secondary N) is 1. The molecule has 6 nitrogen and oxygen atoms in total. The minimum absolute atomic E-state index is 0.141. The predicted octanol–water partition coefficient (Wildman–Crippen LogP) is 4.73. The van der Waals surface area contributed by atoms with Gasteiger partial charge < -0.3 is 15.0 Å². The molecular formula is C27H40N4O2S. The zero-order valence-electron chi connectivity index (χ0n) is 21.0. The van der Waals surface area contributed by atoms with Crippen molar-refractivity contribution in [3.63, 3.8) is 0 Å². The van der Waals surface area contributed by atoms with Crippen molar-refractivity contribution in [2.24, 2.45) is 5.92 Å². The third-order valence-corrected chi connectivity index (χ3v) is 8.28. The fourth-order valence-electron chi connectivity index (χ4n) is 5.07. The Labute approximate surface area is 208 Å². The fourth-order valence-corrected chi connectivity index (χ4v) is 5.87. The van der Waals surface area contributed by atoms with Gasteiger partial charge in [0.1, 0.15) is 0 Å². The molecule has 1 unspecified atom stereocenters. The lowest BCUT2D eigenvalue weighted by Gasteiger charge is -2.30. The number of aromatic nitrogens is 2. The van der Waals surface area contributed by atoms with Crippen molar-refractivity contribution in [1.29, 1.82) is 0 Å². The van der Waals surface area contributed by atoms with Crippen molar-refractivity contribution < 1.29 is 9.53 Å². The van der Waals surface area contributed by atoms with Crippen LogP contribution in [0.15, 0.2) is 18.3 Å². The van der Waals surface area contributed by atoms with Gasteiger partial charge in [0.2, 0.25) is 11.8 Å². The molecule has 1 N–H and O–H groups in total. The number of aryl methyl sites for hydroxylation is 1. The summed E-state index contributed by atoms with van der Waals surface area (Å²) in [5.41, 5.74) is 2.59. The Morgan fingerprint density at radius 3 is 2.76 bits per heavy atom. The molecule has 4 rings (SSSR count). The second kappa shape index (κ2) is 12.1. The number of amides is 1. The molecule has 1 aliphatic carbocycles. The number of carbonyl (C=O) groups is 1. The lowest BCUT2D eigenvalue weighted by atomic mass is 9.84. The van der Waals surface area contributed by atoms with Crippen molar-refractivity contribution in [2.45, 2.75) is 90.7 Å². The Hall–Kier alpha value is -1.99. The molecule has 0 saturated heterocycles. The maximum absolute atomic E-state index is 12.4. The topological polar surface area (TPSA) is 67.3 Å². The molecule has 1 amide bonds. The summed E-state index contributed by atoms with van der Waals surface area (Å²) in [6.07, 6.45) is 11.5. The van der Waals surface area contributed by atoms with Gasteiger partial charge in [-0.15, -0.1) is 11.3 Å². The lowest BCUT2D eigenvalue weighted by Crippen LogP contribution is -2.38. The molecule has 0 radical (unpaired) electrons. The smallest absolute Gasteiger partial charge is 0.225 e. The summed E-state index contributed by atoms with van der Waals surface area (Å²) in [6, 6.07) is 4.59. The summed E-state index contributed by atoms with van der Waals surface area (Å²) in [5, 5.41) is 4.27. The van der Waals surface area contributed by atoms with Gasteiger partial charge in [0.15, 0.2) is 0 Å². The summed E-state index contributed by atoms with van der Waals surface area (Å²) >= 11 is 1.61. The number of fused-ring (bicyclic) bond motifs is 1. The van der Waals surface area contributed by atoms with Crippen molar-refractivity contribution >= 4 is 17.2 Å². The molecule has 7 heteroatoms. The number of carbonyl (C=O) groups excluding carboxylic acids is 1. The van der Waals surface area contributed by atoms with Crippen LogP contribution in [0, 0.1) is 12.8 Å². The van der Waals surface area contributed by atoms with Crippen LogP contribution in [0.1, 0.15) is 73.5 Å². The first-order chi connectivity index (χ1) is 16.5. The molecule has 1 atom stereocenters. The lowest BCUT2D eigenvalue weighted by molar-refractivity contribution is -0.121. The highest BCUT2D eigenvalue weighted by Gasteiger charge is 2.24. The second-order valence-electron chi connectivity index (χ2n) is 10.0. The maximum Gasteiger partial charge on any atom is 0.225 e. The zero-order valence-corrected chi connectivity index (χ0v) is 21.8. The number of pyridine rings is 1. The average molecular weight is 485 g/mol. The Bertz CT molecular complexity index is 938. The molecule has 0 bridgehead atoms. The van der Waals surface area contributed by atoms with Crippen LogP contribution in [-0.4, -0.2) is 52.6 Å². The SMILES string of the molecule is CCC(C)Oc1ccc2c(n1)CCN(CCC1CCC(NC(=O)Cc3cnc(C)s3)CC1)CC2. The van der Waals surface area contributed by atoms with E-state index in [-0.39, 0.29) is 12.0 Å². The van der Waals surface area contributed by atoms with Gasteiger partial charge >= 0.3 is 0 Å². The van der Waals surface area contributed by atoms with Crippen LogP contribution in [0.5, 0.6) is 5.88 Å². The van der Waals surface area contributed by atoms with E-state index in [1.54, 1.807) is 11.3 Å². The van der Waals surface area contributed by atoms with E-state index in [1.165, 1.54) is 30.5 Å². The number of hydrogen-bond donors (Lipinski definition) is 1. The van der Waals surface area contributed by atoms with Gasteiger partial charge in [-0.2, -0.15) is 0 Å². The normalized spacial score (nSPS) is 22.0. The first kappa shape index (κ1) is 25.1. The van der Waals surface area contributed by atoms with E-state index in [4.69, 9.17) is 9.72 Å². The number of nitrogens with zero attached hydrogens (tertiary/aromatic N) is 3. The Balaban J connectivity index is 1.16. The van der Waals surface area contributed by atoms with Gasteiger partial charge in [-0.25, -0.2) is 9.97 Å². The molecule has 2 aliphatic rings. The molecule has 0 aromatic carbocycles. The van der Waals surface area contributed by atoms with Gasteiger partial charge in [-0.1, -0.05) is 13.0 Å². The van der Waals surface area contributed by atoms with Gasteiger partial charge in [-0.3, -0.25) is 4.79 Å². The minimum Gasteiger partial charge on any atom is -0.475 e. The van der Waals surface area contributed by atoms with Crippen LogP contribution >= 0.6 is 11.3 Å². The summed E-state index contributed by atoms with van der Waals surface area (Å²) in [7, 11) is 0. The third kappa shape index (κ3) is 7.25. The average Bonchev–Trinajstić information content (AvgIpc) is 3.12. The monoisotopic (exact) mass is 484 g/mol. The summed E-state index contributed by atoms with van der Waals surface area (Å²) < 4.78 is 5.93. The number of thiazole rings is 1. The van der Waals surface area contributed by atoms with Crippen LogP contribution < -0.4 is 10.1 Å². The van der Waals surface area contributed by atoms with Gasteiger partial charge in [0.25, 0.3) is 0 Å². The standard InChI is InChI=1S/C27H40N4O2S/c1-4-19(2)33-27-10-7-22-12-15-31(16-13-25(22)30-27)14-11-21-5-8-23(9-6-21)29-26(32)17-24-18-28-20(3)34-24/h7,10,18-19,21,23H,4-6,8-9,11-17H2,1-3H3,(H,29,32). The molecule has 2 aromatic heterocycles. The van der Waals surface area contributed by atoms with Crippen molar-refractivity contribution in [2.75, 3.05) is 19.6 Å². The summed E-state index contributed by atoms with van der Waals surface area (Å²) in [5.74, 6) is 1.69. The third-order valence-electron chi connectivity index (χ3n) is 7.37. The number of rotatable bonds is 9. The van der Waals surface area contributed by atoms with E-state index >= 15 is 0 Å². The van der Waals surface area contributed by atoms with Crippen LogP contribution in [0.2, 0.25) is 0 Å². The van der Waals surface area contributed by atoms with Gasteiger partial charge in [0, 0.05) is 48.4 Å². The first-order valence-electron chi connectivity index (χ1n) is 13.1. The number of ether oxygens (including phenoxy) is 1. The molecule has 0 spiro atoms. The van der Waals surface area contributed by atoms with E-state index in [1.807, 2.05) is 19.2 Å². The Morgan fingerprint density at radius 2 is 2.03 bits per heavy atom. The van der Waals surface area contributed by atoms with Crippen LogP contribution in [-0.2, 0) is 24.1 Å². The Morgan fingerprint density at radius 1 is 1.24 bits per heavy atom. The van der Waals surface area contributed by atoms with Gasteiger partial charge in [0.05, 0.1) is 17.5 Å². The molecule has 34 heavy (non-hydrogen) atoms. The van der Waals surface area contributed by atoms with E-state index in [2.05, 4.69) is 35.1 Å². The highest BCUT2D eigenvalue weighted by atomic mass is 32.1. The fraction of sp³-hybridized carbons (Fsp3) is 0.667. The molecular weight excluding hydrogens is 444 g/mol. The largest absolute Gasteiger partial charge is 0.475 e. The van der Waals surface area contributed by atoms with Crippen molar-refractivity contribution in [3.05, 3.63) is 39.5 Å². The predicted molar refractivity (Wildman–Crippen MR) is 138 cm³/mol. The molecule has 1 fully saturated rings. The molecule has 1 saturated carbocycles. The van der Waals surface area contributed by atoms with Crippen molar-refractivity contribution in [3.8, 4) is 5.88 Å². The van der Waals surface area contributed by atoms with Crippen LogP contribution in [0.4, 0.5) is 0 Å². The van der Waals surface area contributed by atoms with Gasteiger partial charge in [-0.05, 0) is 76.8 Å². The van der Waals surface area contributed by atoms with Crippen molar-refractivity contribution in [1.82, 2.24) is 20.2 Å². The highest BCUT2D eigenvalue weighted by molar-refractivity contribution is 7.11. The maximum atomic E-state index is 12.4. The highest BCUT2D eigenvalue weighted by Crippen LogP contribution is 2.28. The summed E-state index contributed by atoms with van der Waals surface area (Å²) in [6.45, 7) is 9.57. The zero-order chi connectivity index (χ0) is 23.9. The quantitative estimate of drug-likeness (QED) is 0.557. The molecule has 1 aliphatic heterocycles. The molecule has 3 heterocycles. The Kier molecular flexibility index (Phi) is 8.95. The molecule has 2 aromatic rings. The first-order valence-corrected chi connectivity index (χ1v) is 13.9. The van der Waals surface area contributed by atoms with E-state index in [0.29, 0.717) is 12.5 Å². The second-order valence-corrected chi connectivity index (χ2v) is 11.3. The van der Waals surface area contributed by atoms with E-state index < -0.39 is 0 Å².